The molecule has 0 unspecified atom stereocenters. The van der Waals surface area contributed by atoms with E-state index in [1.807, 2.05) is 0 Å². The van der Waals surface area contributed by atoms with Gasteiger partial charge in [-0.2, -0.15) is 4.31 Å². The van der Waals surface area contributed by atoms with Crippen molar-refractivity contribution in [3.05, 3.63) is 18.5 Å². The molecule has 0 bridgehead atoms. The van der Waals surface area contributed by atoms with Gasteiger partial charge in [0.1, 0.15) is 10.6 Å². The third kappa shape index (κ3) is 2.17. The minimum atomic E-state index is -3.47. The summed E-state index contributed by atoms with van der Waals surface area (Å²) in [6.07, 6.45) is 5.35. The van der Waals surface area contributed by atoms with Crippen LogP contribution in [0.4, 0.5) is 0 Å². The molecule has 2 rings (SSSR count). The SMILES string of the molecule is O=S(=O)(c1cncc(O)c1)N1CCCCC1. The summed E-state index contributed by atoms with van der Waals surface area (Å²) in [6.45, 7) is 1.11. The second kappa shape index (κ2) is 4.39. The highest BCUT2D eigenvalue weighted by Gasteiger charge is 2.26. The molecule has 88 valence electrons. The normalized spacial score (nSPS) is 18.5. The van der Waals surface area contributed by atoms with Crippen molar-refractivity contribution in [3.8, 4) is 5.75 Å². The molecule has 1 aliphatic rings. The van der Waals surface area contributed by atoms with Crippen molar-refractivity contribution >= 4 is 10.0 Å². The molecule has 2 heterocycles. The van der Waals surface area contributed by atoms with E-state index in [2.05, 4.69) is 4.98 Å². The fourth-order valence-corrected chi connectivity index (χ4v) is 3.30. The van der Waals surface area contributed by atoms with Crippen molar-refractivity contribution in [1.29, 1.82) is 0 Å². The van der Waals surface area contributed by atoms with Crippen LogP contribution >= 0.6 is 0 Å². The van der Waals surface area contributed by atoms with Gasteiger partial charge in [0.2, 0.25) is 10.0 Å². The Hall–Kier alpha value is -1.14. The summed E-state index contributed by atoms with van der Waals surface area (Å²) in [4.78, 5) is 3.75. The number of aromatic hydroxyl groups is 1. The van der Waals surface area contributed by atoms with Gasteiger partial charge < -0.3 is 5.11 Å². The van der Waals surface area contributed by atoms with Gasteiger partial charge in [-0.3, -0.25) is 4.98 Å². The first-order chi connectivity index (χ1) is 7.60. The molecule has 1 saturated heterocycles. The van der Waals surface area contributed by atoms with E-state index in [1.54, 1.807) is 0 Å². The summed E-state index contributed by atoms with van der Waals surface area (Å²) in [5.74, 6) is -0.127. The second-order valence-electron chi connectivity index (χ2n) is 3.84. The Morgan fingerprint density at radius 2 is 1.88 bits per heavy atom. The molecule has 0 atom stereocenters. The van der Waals surface area contributed by atoms with E-state index < -0.39 is 10.0 Å². The lowest BCUT2D eigenvalue weighted by Crippen LogP contribution is -2.35. The van der Waals surface area contributed by atoms with E-state index in [1.165, 1.54) is 22.8 Å². The van der Waals surface area contributed by atoms with Crippen LogP contribution in [-0.4, -0.2) is 35.9 Å². The molecule has 1 N–H and O–H groups in total. The Kier molecular flexibility index (Phi) is 3.11. The number of piperidine rings is 1. The molecule has 0 saturated carbocycles. The highest BCUT2D eigenvalue weighted by molar-refractivity contribution is 7.89. The molecule has 0 amide bonds. The Morgan fingerprint density at radius 3 is 2.50 bits per heavy atom. The number of pyridine rings is 1. The predicted octanol–water partition coefficient (Wildman–Crippen LogP) is 0.962. The Bertz CT molecular complexity index is 467. The minimum Gasteiger partial charge on any atom is -0.506 e. The fourth-order valence-electron chi connectivity index (χ4n) is 1.80. The molecule has 0 radical (unpaired) electrons. The van der Waals surface area contributed by atoms with Crippen molar-refractivity contribution in [2.45, 2.75) is 24.2 Å². The first-order valence-corrected chi connectivity index (χ1v) is 6.69. The third-order valence-electron chi connectivity index (χ3n) is 2.65. The fraction of sp³-hybridized carbons (Fsp3) is 0.500. The average Bonchev–Trinajstić information content (AvgIpc) is 2.30. The number of hydrogen-bond donors (Lipinski definition) is 1. The predicted molar refractivity (Wildman–Crippen MR) is 58.5 cm³/mol. The van der Waals surface area contributed by atoms with Gasteiger partial charge in [-0.25, -0.2) is 8.42 Å². The van der Waals surface area contributed by atoms with Gasteiger partial charge in [0.15, 0.2) is 0 Å². The molecular weight excluding hydrogens is 228 g/mol. The molecule has 1 aromatic rings. The van der Waals surface area contributed by atoms with Gasteiger partial charge in [0, 0.05) is 25.4 Å². The molecule has 5 nitrogen and oxygen atoms in total. The zero-order chi connectivity index (χ0) is 11.6. The summed E-state index contributed by atoms with van der Waals surface area (Å²) in [6, 6.07) is 1.23. The molecule has 1 fully saturated rings. The van der Waals surface area contributed by atoms with Gasteiger partial charge >= 0.3 is 0 Å². The largest absolute Gasteiger partial charge is 0.506 e. The van der Waals surface area contributed by atoms with Crippen LogP contribution in [0.2, 0.25) is 0 Å². The van der Waals surface area contributed by atoms with Crippen LogP contribution in [0, 0.1) is 0 Å². The summed E-state index contributed by atoms with van der Waals surface area (Å²) < 4.78 is 25.7. The topological polar surface area (TPSA) is 70.5 Å². The molecule has 1 aliphatic heterocycles. The van der Waals surface area contributed by atoms with Crippen molar-refractivity contribution < 1.29 is 13.5 Å². The van der Waals surface area contributed by atoms with E-state index in [-0.39, 0.29) is 10.6 Å². The monoisotopic (exact) mass is 242 g/mol. The molecule has 0 aromatic carbocycles. The minimum absolute atomic E-state index is 0.0643. The van der Waals surface area contributed by atoms with E-state index in [0.717, 1.165) is 19.3 Å². The summed E-state index contributed by atoms with van der Waals surface area (Å²) >= 11 is 0. The van der Waals surface area contributed by atoms with E-state index in [9.17, 15) is 13.5 Å². The zero-order valence-electron chi connectivity index (χ0n) is 8.83. The zero-order valence-corrected chi connectivity index (χ0v) is 9.65. The first kappa shape index (κ1) is 11.3. The molecule has 0 aliphatic carbocycles. The maximum Gasteiger partial charge on any atom is 0.244 e. The summed E-state index contributed by atoms with van der Waals surface area (Å²) in [5.41, 5.74) is 0. The van der Waals surface area contributed by atoms with Crippen molar-refractivity contribution in [2.75, 3.05) is 13.1 Å². The molecule has 1 aromatic heterocycles. The average molecular weight is 242 g/mol. The van der Waals surface area contributed by atoms with Crippen molar-refractivity contribution in [3.63, 3.8) is 0 Å². The summed E-state index contributed by atoms with van der Waals surface area (Å²) in [7, 11) is -3.47. The number of sulfonamides is 1. The molecule has 16 heavy (non-hydrogen) atoms. The van der Waals surface area contributed by atoms with E-state index in [4.69, 9.17) is 0 Å². The van der Waals surface area contributed by atoms with E-state index in [0.29, 0.717) is 13.1 Å². The maximum atomic E-state index is 12.1. The summed E-state index contributed by atoms with van der Waals surface area (Å²) in [5, 5.41) is 9.23. The van der Waals surface area contributed by atoms with Crippen LogP contribution in [0.25, 0.3) is 0 Å². The van der Waals surface area contributed by atoms with Crippen LogP contribution in [0.3, 0.4) is 0 Å². The van der Waals surface area contributed by atoms with Gasteiger partial charge in [-0.15, -0.1) is 0 Å². The standard InChI is InChI=1S/C10H14N2O3S/c13-9-6-10(8-11-7-9)16(14,15)12-4-2-1-3-5-12/h6-8,13H,1-5H2. The lowest BCUT2D eigenvalue weighted by Gasteiger charge is -2.25. The lowest BCUT2D eigenvalue weighted by atomic mass is 10.2. The highest BCUT2D eigenvalue weighted by atomic mass is 32.2. The quantitative estimate of drug-likeness (QED) is 0.838. The molecular formula is C10H14N2O3S. The third-order valence-corrected chi connectivity index (χ3v) is 4.52. The smallest absolute Gasteiger partial charge is 0.244 e. The van der Waals surface area contributed by atoms with E-state index >= 15 is 0 Å². The lowest BCUT2D eigenvalue weighted by molar-refractivity contribution is 0.346. The molecule has 6 heteroatoms. The Morgan fingerprint density at radius 1 is 1.19 bits per heavy atom. The van der Waals surface area contributed by atoms with Gasteiger partial charge in [0.25, 0.3) is 0 Å². The number of hydrogen-bond acceptors (Lipinski definition) is 4. The maximum absolute atomic E-state index is 12.1. The number of rotatable bonds is 2. The van der Waals surface area contributed by atoms with Gasteiger partial charge in [0.05, 0.1) is 6.20 Å². The van der Waals surface area contributed by atoms with Crippen LogP contribution in [0.1, 0.15) is 19.3 Å². The Balaban J connectivity index is 2.30. The van der Waals surface area contributed by atoms with Crippen LogP contribution in [-0.2, 0) is 10.0 Å². The van der Waals surface area contributed by atoms with Gasteiger partial charge in [-0.1, -0.05) is 6.42 Å². The van der Waals surface area contributed by atoms with Gasteiger partial charge in [-0.05, 0) is 12.8 Å². The molecule has 0 spiro atoms. The van der Waals surface area contributed by atoms with Crippen molar-refractivity contribution in [2.24, 2.45) is 0 Å². The number of aromatic nitrogens is 1. The van der Waals surface area contributed by atoms with Crippen LogP contribution in [0.5, 0.6) is 5.75 Å². The highest BCUT2D eigenvalue weighted by Crippen LogP contribution is 2.21. The van der Waals surface area contributed by atoms with Crippen LogP contribution < -0.4 is 0 Å². The number of nitrogens with zero attached hydrogens (tertiary/aromatic N) is 2. The van der Waals surface area contributed by atoms with Crippen LogP contribution in [0.15, 0.2) is 23.4 Å². The Labute approximate surface area is 94.8 Å². The van der Waals surface area contributed by atoms with Crippen molar-refractivity contribution in [1.82, 2.24) is 9.29 Å². The second-order valence-corrected chi connectivity index (χ2v) is 5.78. The first-order valence-electron chi connectivity index (χ1n) is 5.25.